The molecule has 0 atom stereocenters. The first-order chi connectivity index (χ1) is 10.3. The van der Waals surface area contributed by atoms with Crippen molar-refractivity contribution in [2.45, 2.75) is 58.8 Å². The first kappa shape index (κ1) is 17.5. The van der Waals surface area contributed by atoms with Crippen molar-refractivity contribution in [1.82, 2.24) is 0 Å². The highest BCUT2D eigenvalue weighted by atomic mass is 14.5. The molecule has 114 valence electrons. The van der Waals surface area contributed by atoms with Gasteiger partial charge in [0.15, 0.2) is 0 Å². The molecule has 1 saturated carbocycles. The smallest absolute Gasteiger partial charge is 0.0215 e. The highest BCUT2D eigenvalue weighted by Gasteiger charge is 2.44. The van der Waals surface area contributed by atoms with E-state index in [0.717, 1.165) is 0 Å². The van der Waals surface area contributed by atoms with E-state index in [1.165, 1.54) is 48.0 Å². The van der Waals surface area contributed by atoms with Gasteiger partial charge >= 0.3 is 0 Å². The molecule has 3 rings (SSSR count). The van der Waals surface area contributed by atoms with Gasteiger partial charge in [-0.15, -0.1) is 0 Å². The Morgan fingerprint density at radius 1 is 0.905 bits per heavy atom. The van der Waals surface area contributed by atoms with Crippen LogP contribution in [-0.2, 0) is 5.41 Å². The maximum atomic E-state index is 4.04. The van der Waals surface area contributed by atoms with Gasteiger partial charge in [-0.2, -0.15) is 0 Å². The molecule has 0 aliphatic heterocycles. The zero-order valence-corrected chi connectivity index (χ0v) is 14.2. The first-order valence-electron chi connectivity index (χ1n) is 8.43. The zero-order valence-electron chi connectivity index (χ0n) is 14.2. The van der Waals surface area contributed by atoms with Crippen molar-refractivity contribution >= 4 is 5.57 Å². The largest absolute Gasteiger partial charge is 0.0987 e. The predicted octanol–water partition coefficient (Wildman–Crippen LogP) is 6.69. The summed E-state index contributed by atoms with van der Waals surface area (Å²) in [6, 6.07) is 8.80. The van der Waals surface area contributed by atoms with E-state index in [1.807, 2.05) is 33.8 Å². The Hall–Kier alpha value is -1.56. The predicted molar refractivity (Wildman–Crippen MR) is 96.6 cm³/mol. The fourth-order valence-electron chi connectivity index (χ4n) is 3.73. The van der Waals surface area contributed by atoms with Crippen molar-refractivity contribution in [3.8, 4) is 0 Å². The number of fused-ring (bicyclic) bond motifs is 2. The molecule has 0 saturated heterocycles. The highest BCUT2D eigenvalue weighted by molar-refractivity contribution is 5.87. The monoisotopic (exact) mass is 282 g/mol. The molecule has 21 heavy (non-hydrogen) atoms. The molecule has 0 unspecified atom stereocenters. The van der Waals surface area contributed by atoms with Gasteiger partial charge in [0.05, 0.1) is 0 Å². The Balaban J connectivity index is 0.000000510. The topological polar surface area (TPSA) is 0 Å². The summed E-state index contributed by atoms with van der Waals surface area (Å²) >= 11 is 0. The molecule has 0 heteroatoms. The van der Waals surface area contributed by atoms with Crippen LogP contribution >= 0.6 is 0 Å². The summed E-state index contributed by atoms with van der Waals surface area (Å²) in [5.41, 5.74) is 5.84. The van der Waals surface area contributed by atoms with E-state index in [-0.39, 0.29) is 5.41 Å². The van der Waals surface area contributed by atoms with Gasteiger partial charge in [0.25, 0.3) is 0 Å². The van der Waals surface area contributed by atoms with Gasteiger partial charge in [-0.1, -0.05) is 90.1 Å². The summed E-state index contributed by atoms with van der Waals surface area (Å²) in [4.78, 5) is 0. The fourth-order valence-corrected chi connectivity index (χ4v) is 3.73. The Morgan fingerprint density at radius 2 is 1.48 bits per heavy atom. The molecule has 0 radical (unpaired) electrons. The highest BCUT2D eigenvalue weighted by Crippen LogP contribution is 2.55. The van der Waals surface area contributed by atoms with Gasteiger partial charge in [-0.05, 0) is 35.1 Å². The van der Waals surface area contributed by atoms with Gasteiger partial charge in [0, 0.05) is 5.41 Å². The third-order valence-corrected chi connectivity index (χ3v) is 4.40. The van der Waals surface area contributed by atoms with Crippen LogP contribution in [0.25, 0.3) is 5.57 Å². The van der Waals surface area contributed by atoms with Crippen molar-refractivity contribution in [3.05, 3.63) is 66.3 Å². The maximum absolute atomic E-state index is 4.04. The van der Waals surface area contributed by atoms with Crippen molar-refractivity contribution in [2.24, 2.45) is 0 Å². The van der Waals surface area contributed by atoms with E-state index in [9.17, 15) is 0 Å². The van der Waals surface area contributed by atoms with E-state index in [2.05, 4.69) is 43.5 Å². The summed E-state index contributed by atoms with van der Waals surface area (Å²) < 4.78 is 0. The average molecular weight is 282 g/mol. The molecule has 0 bridgehead atoms. The van der Waals surface area contributed by atoms with Crippen molar-refractivity contribution in [3.63, 3.8) is 0 Å². The van der Waals surface area contributed by atoms with Crippen LogP contribution in [0.15, 0.2) is 55.1 Å². The van der Waals surface area contributed by atoms with Crippen molar-refractivity contribution < 1.29 is 0 Å². The Bertz CT molecular complexity index is 511. The summed E-state index contributed by atoms with van der Waals surface area (Å²) in [6.45, 7) is 16.0. The van der Waals surface area contributed by atoms with Crippen LogP contribution in [-0.4, -0.2) is 0 Å². The molecule has 0 nitrogen and oxygen atoms in total. The standard InChI is InChI=1S/C17H18.2C2H6/c1-3-13-14-9-5-6-10-16(14)17(15(13)4-2)11-7-8-12-17;2*1-2/h3-6,9-10H,1-2,7-8,11-12H2;2*1-2H3. The minimum absolute atomic E-state index is 0.252. The van der Waals surface area contributed by atoms with Crippen LogP contribution in [0.2, 0.25) is 0 Å². The summed E-state index contributed by atoms with van der Waals surface area (Å²) in [7, 11) is 0. The summed E-state index contributed by atoms with van der Waals surface area (Å²) in [5.74, 6) is 0. The summed E-state index contributed by atoms with van der Waals surface area (Å²) in [5, 5.41) is 0. The van der Waals surface area contributed by atoms with E-state index in [1.54, 1.807) is 0 Å². The lowest BCUT2D eigenvalue weighted by Crippen LogP contribution is -2.21. The summed E-state index contributed by atoms with van der Waals surface area (Å²) in [6.07, 6.45) is 9.25. The molecule has 1 fully saturated rings. The molecular weight excluding hydrogens is 252 g/mol. The molecule has 1 spiro atoms. The lowest BCUT2D eigenvalue weighted by Gasteiger charge is -2.27. The molecule has 1 aromatic rings. The van der Waals surface area contributed by atoms with Crippen LogP contribution in [0.1, 0.15) is 64.5 Å². The Morgan fingerprint density at radius 3 is 2.00 bits per heavy atom. The maximum Gasteiger partial charge on any atom is 0.0215 e. The van der Waals surface area contributed by atoms with Crippen LogP contribution in [0.3, 0.4) is 0 Å². The number of benzene rings is 1. The quantitative estimate of drug-likeness (QED) is 0.567. The minimum atomic E-state index is 0.252. The van der Waals surface area contributed by atoms with Gasteiger partial charge in [0.2, 0.25) is 0 Å². The van der Waals surface area contributed by atoms with Gasteiger partial charge < -0.3 is 0 Å². The second kappa shape index (κ2) is 8.02. The molecule has 0 N–H and O–H groups in total. The second-order valence-electron chi connectivity index (χ2n) is 5.07. The zero-order chi connectivity index (χ0) is 15.9. The number of hydrogen-bond donors (Lipinski definition) is 0. The molecule has 0 heterocycles. The molecule has 2 aliphatic rings. The minimum Gasteiger partial charge on any atom is -0.0987 e. The lowest BCUT2D eigenvalue weighted by atomic mass is 9.76. The van der Waals surface area contributed by atoms with Crippen molar-refractivity contribution in [2.75, 3.05) is 0 Å². The SMILES string of the molecule is C=CC1=C(C=C)C2(CCCC2)c2ccccc21.CC.CC. The second-order valence-corrected chi connectivity index (χ2v) is 5.07. The van der Waals surface area contributed by atoms with E-state index in [4.69, 9.17) is 0 Å². The van der Waals surface area contributed by atoms with Crippen LogP contribution in [0.4, 0.5) is 0 Å². The third kappa shape index (κ3) is 2.77. The van der Waals surface area contributed by atoms with Gasteiger partial charge in [-0.3, -0.25) is 0 Å². The molecule has 1 aromatic carbocycles. The lowest BCUT2D eigenvalue weighted by molar-refractivity contribution is 0.545. The van der Waals surface area contributed by atoms with Crippen LogP contribution < -0.4 is 0 Å². The molecular formula is C21H30. The average Bonchev–Trinajstić information content (AvgIpc) is 3.16. The van der Waals surface area contributed by atoms with E-state index >= 15 is 0 Å². The van der Waals surface area contributed by atoms with Crippen LogP contribution in [0, 0.1) is 0 Å². The number of hydrogen-bond acceptors (Lipinski definition) is 0. The normalized spacial score (nSPS) is 17.3. The fraction of sp³-hybridized carbons (Fsp3) is 0.429. The molecule has 0 amide bonds. The Labute approximate surface area is 131 Å². The van der Waals surface area contributed by atoms with Crippen molar-refractivity contribution in [1.29, 1.82) is 0 Å². The Kier molecular flexibility index (Phi) is 6.68. The van der Waals surface area contributed by atoms with Gasteiger partial charge in [0.1, 0.15) is 0 Å². The molecule has 2 aliphatic carbocycles. The van der Waals surface area contributed by atoms with E-state index in [0.29, 0.717) is 0 Å². The first-order valence-corrected chi connectivity index (χ1v) is 8.43. The van der Waals surface area contributed by atoms with Gasteiger partial charge in [-0.25, -0.2) is 0 Å². The third-order valence-electron chi connectivity index (χ3n) is 4.40. The number of allylic oxidation sites excluding steroid dienone is 4. The van der Waals surface area contributed by atoms with E-state index < -0.39 is 0 Å². The van der Waals surface area contributed by atoms with Crippen LogP contribution in [0.5, 0.6) is 0 Å². The number of rotatable bonds is 2. The molecule has 0 aromatic heterocycles.